The average Bonchev–Trinajstić information content (AvgIpc) is 3.49. The second-order valence-electron chi connectivity index (χ2n) is 7.25. The largest absolute Gasteiger partial charge is 0.477 e. The lowest BCUT2D eigenvalue weighted by atomic mass is 10.1. The quantitative estimate of drug-likeness (QED) is 0.671. The number of aliphatic hydroxyl groups excluding tert-OH is 1. The molecule has 8 heteroatoms. The number of hydrogen-bond acceptors (Lipinski definition) is 6. The van der Waals surface area contributed by atoms with Crippen molar-refractivity contribution in [1.82, 2.24) is 15.2 Å². The molecule has 1 saturated heterocycles. The Morgan fingerprint density at radius 2 is 2.26 bits per heavy atom. The molecular formula is C19H27N3O5. The fourth-order valence-corrected chi connectivity index (χ4v) is 2.99. The van der Waals surface area contributed by atoms with Crippen molar-refractivity contribution in [2.24, 2.45) is 5.92 Å². The predicted molar refractivity (Wildman–Crippen MR) is 96.9 cm³/mol. The summed E-state index contributed by atoms with van der Waals surface area (Å²) in [4.78, 5) is 30.4. The Bertz CT molecular complexity index is 645. The van der Waals surface area contributed by atoms with Gasteiger partial charge in [-0.3, -0.25) is 9.59 Å². The van der Waals surface area contributed by atoms with Gasteiger partial charge < -0.3 is 24.8 Å². The number of carbonyl (C=O) groups excluding carboxylic acids is 2. The summed E-state index contributed by atoms with van der Waals surface area (Å²) in [7, 11) is 0. The van der Waals surface area contributed by atoms with Gasteiger partial charge in [0.2, 0.25) is 5.88 Å². The van der Waals surface area contributed by atoms with Gasteiger partial charge in [0.1, 0.15) is 0 Å². The highest BCUT2D eigenvalue weighted by atomic mass is 16.5. The lowest BCUT2D eigenvalue weighted by Gasteiger charge is -2.35. The Morgan fingerprint density at radius 3 is 2.93 bits per heavy atom. The van der Waals surface area contributed by atoms with Crippen molar-refractivity contribution in [3.8, 4) is 5.88 Å². The topological polar surface area (TPSA) is 101 Å². The van der Waals surface area contributed by atoms with Crippen LogP contribution in [-0.4, -0.2) is 65.3 Å². The number of aliphatic hydroxyl groups is 1. The first-order valence-corrected chi connectivity index (χ1v) is 9.45. The summed E-state index contributed by atoms with van der Waals surface area (Å²) in [5, 5.41) is 12.2. The molecule has 2 amide bonds. The normalized spacial score (nSPS) is 20.8. The van der Waals surface area contributed by atoms with Gasteiger partial charge in [-0.2, -0.15) is 0 Å². The van der Waals surface area contributed by atoms with Crippen molar-refractivity contribution in [2.75, 3.05) is 26.4 Å². The molecule has 27 heavy (non-hydrogen) atoms. The van der Waals surface area contributed by atoms with Crippen LogP contribution >= 0.6 is 0 Å². The minimum atomic E-state index is -0.665. The summed E-state index contributed by atoms with van der Waals surface area (Å²) < 4.78 is 10.9. The van der Waals surface area contributed by atoms with Gasteiger partial charge in [-0.1, -0.05) is 6.07 Å². The third-order valence-electron chi connectivity index (χ3n) is 4.71. The van der Waals surface area contributed by atoms with E-state index in [9.17, 15) is 14.7 Å². The lowest BCUT2D eigenvalue weighted by molar-refractivity contribution is -0.152. The Morgan fingerprint density at radius 1 is 1.44 bits per heavy atom. The first kappa shape index (κ1) is 19.6. The molecule has 2 N–H and O–H groups in total. The molecule has 148 valence electrons. The Kier molecular flexibility index (Phi) is 6.63. The van der Waals surface area contributed by atoms with Gasteiger partial charge in [0, 0.05) is 25.4 Å². The molecule has 1 saturated carbocycles. The number of hydrogen-bond donors (Lipinski definition) is 2. The smallest absolute Gasteiger partial charge is 0.312 e. The second kappa shape index (κ2) is 9.14. The van der Waals surface area contributed by atoms with Gasteiger partial charge in [0.25, 0.3) is 0 Å². The number of nitrogens with one attached hydrogen (secondary N) is 1. The van der Waals surface area contributed by atoms with E-state index in [1.807, 2.05) is 6.07 Å². The minimum Gasteiger partial charge on any atom is -0.477 e. The van der Waals surface area contributed by atoms with Crippen LogP contribution in [0.25, 0.3) is 0 Å². The first-order chi connectivity index (χ1) is 13.0. The van der Waals surface area contributed by atoms with Crippen molar-refractivity contribution >= 4 is 11.8 Å². The van der Waals surface area contributed by atoms with Crippen molar-refractivity contribution in [1.29, 1.82) is 0 Å². The molecule has 0 aromatic carbocycles. The number of amides is 2. The molecular weight excluding hydrogens is 350 g/mol. The highest BCUT2D eigenvalue weighted by Gasteiger charge is 2.31. The summed E-state index contributed by atoms with van der Waals surface area (Å²) >= 11 is 0. The molecule has 2 unspecified atom stereocenters. The lowest BCUT2D eigenvalue weighted by Crippen LogP contribution is -2.54. The van der Waals surface area contributed by atoms with Gasteiger partial charge in [0.05, 0.1) is 32.0 Å². The number of nitrogens with zero attached hydrogens (tertiary/aromatic N) is 2. The SMILES string of the molecule is CC(O)CC1COCCN1C(=O)C(=O)NCc1ccc(OCC2CC2)nc1. The average molecular weight is 377 g/mol. The third-order valence-corrected chi connectivity index (χ3v) is 4.71. The van der Waals surface area contributed by atoms with Crippen LogP contribution in [0, 0.1) is 5.92 Å². The fraction of sp³-hybridized carbons (Fsp3) is 0.632. The van der Waals surface area contributed by atoms with Crippen molar-refractivity contribution in [3.05, 3.63) is 23.9 Å². The van der Waals surface area contributed by atoms with Crippen LogP contribution in [-0.2, 0) is 20.9 Å². The van der Waals surface area contributed by atoms with E-state index < -0.39 is 17.9 Å². The molecule has 1 aromatic rings. The van der Waals surface area contributed by atoms with E-state index in [2.05, 4.69) is 10.3 Å². The standard InChI is InChI=1S/C19H27N3O5/c1-13(23)8-16-12-26-7-6-22(16)19(25)18(24)21-10-15-4-5-17(20-9-15)27-11-14-2-3-14/h4-5,9,13-14,16,23H,2-3,6-8,10-12H2,1H3,(H,21,24). The number of ether oxygens (including phenoxy) is 2. The predicted octanol–water partition coefficient (Wildman–Crippen LogP) is 0.485. The van der Waals surface area contributed by atoms with E-state index >= 15 is 0 Å². The Labute approximate surface area is 158 Å². The van der Waals surface area contributed by atoms with Crippen molar-refractivity contribution in [2.45, 2.75) is 44.9 Å². The third kappa shape index (κ3) is 5.90. The van der Waals surface area contributed by atoms with E-state index in [0.717, 1.165) is 5.56 Å². The monoisotopic (exact) mass is 377 g/mol. The zero-order valence-corrected chi connectivity index (χ0v) is 15.6. The molecule has 8 nitrogen and oxygen atoms in total. The van der Waals surface area contributed by atoms with E-state index in [4.69, 9.17) is 9.47 Å². The Balaban J connectivity index is 1.47. The first-order valence-electron chi connectivity index (χ1n) is 9.45. The number of aromatic nitrogens is 1. The van der Waals surface area contributed by atoms with Gasteiger partial charge in [0.15, 0.2) is 0 Å². The van der Waals surface area contributed by atoms with Gasteiger partial charge >= 0.3 is 11.8 Å². The molecule has 2 fully saturated rings. The van der Waals surface area contributed by atoms with E-state index in [1.54, 1.807) is 19.2 Å². The van der Waals surface area contributed by atoms with Gasteiger partial charge in [-0.15, -0.1) is 0 Å². The molecule has 3 rings (SSSR count). The summed E-state index contributed by atoms with van der Waals surface area (Å²) in [6.07, 6.45) is 3.89. The van der Waals surface area contributed by atoms with Crippen LogP contribution in [0.15, 0.2) is 18.3 Å². The number of carbonyl (C=O) groups is 2. The maximum Gasteiger partial charge on any atom is 0.312 e. The summed E-state index contributed by atoms with van der Waals surface area (Å²) in [6, 6.07) is 3.30. The molecule has 0 radical (unpaired) electrons. The summed E-state index contributed by atoms with van der Waals surface area (Å²) in [6.45, 7) is 3.63. The molecule has 0 spiro atoms. The van der Waals surface area contributed by atoms with Crippen molar-refractivity contribution < 1.29 is 24.2 Å². The van der Waals surface area contributed by atoms with Crippen molar-refractivity contribution in [3.63, 3.8) is 0 Å². The summed E-state index contributed by atoms with van der Waals surface area (Å²) in [5.74, 6) is -0.0280. The second-order valence-corrected chi connectivity index (χ2v) is 7.25. The van der Waals surface area contributed by atoms with Gasteiger partial charge in [-0.05, 0) is 37.7 Å². The molecule has 1 aromatic heterocycles. The molecule has 0 bridgehead atoms. The maximum absolute atomic E-state index is 12.5. The van der Waals surface area contributed by atoms with E-state index in [-0.39, 0.29) is 12.6 Å². The van der Waals surface area contributed by atoms with Crippen LogP contribution in [0.1, 0.15) is 31.7 Å². The van der Waals surface area contributed by atoms with Crippen LogP contribution in [0.4, 0.5) is 0 Å². The molecule has 2 aliphatic rings. The molecule has 1 aliphatic heterocycles. The van der Waals surface area contributed by atoms with Crippen LogP contribution in [0.2, 0.25) is 0 Å². The zero-order valence-electron chi connectivity index (χ0n) is 15.6. The molecule has 1 aliphatic carbocycles. The van der Waals surface area contributed by atoms with E-state index in [1.165, 1.54) is 17.7 Å². The zero-order chi connectivity index (χ0) is 19.2. The highest BCUT2D eigenvalue weighted by Crippen LogP contribution is 2.29. The maximum atomic E-state index is 12.5. The van der Waals surface area contributed by atoms with Crippen LogP contribution < -0.4 is 10.1 Å². The molecule has 2 atom stereocenters. The Hall–Kier alpha value is -2.19. The van der Waals surface area contributed by atoms with Crippen LogP contribution in [0.5, 0.6) is 5.88 Å². The fourth-order valence-electron chi connectivity index (χ4n) is 2.99. The minimum absolute atomic E-state index is 0.214. The van der Waals surface area contributed by atoms with E-state index in [0.29, 0.717) is 44.6 Å². The number of pyridine rings is 1. The van der Waals surface area contributed by atoms with Crippen LogP contribution in [0.3, 0.4) is 0 Å². The van der Waals surface area contributed by atoms with Gasteiger partial charge in [-0.25, -0.2) is 4.98 Å². The highest BCUT2D eigenvalue weighted by molar-refractivity contribution is 6.35. The molecule has 2 heterocycles. The number of rotatable bonds is 7. The summed E-state index contributed by atoms with van der Waals surface area (Å²) in [5.41, 5.74) is 0.789. The number of morpholine rings is 1.